The second-order valence-corrected chi connectivity index (χ2v) is 5.71. The number of hydrogen-bond acceptors (Lipinski definition) is 4. The molecule has 0 bridgehead atoms. The predicted octanol–water partition coefficient (Wildman–Crippen LogP) is 1.76. The van der Waals surface area contributed by atoms with Gasteiger partial charge in [0.25, 0.3) is 0 Å². The molecule has 0 saturated carbocycles. The maximum absolute atomic E-state index is 10.1. The molecule has 1 aromatic rings. The van der Waals surface area contributed by atoms with Crippen LogP contribution in [0.5, 0.6) is 5.75 Å². The first-order chi connectivity index (χ1) is 9.54. The van der Waals surface area contributed by atoms with Crippen molar-refractivity contribution in [3.8, 4) is 5.75 Å². The Balaban J connectivity index is 1.80. The van der Waals surface area contributed by atoms with Gasteiger partial charge in [-0.2, -0.15) is 0 Å². The Morgan fingerprint density at radius 1 is 1.35 bits per heavy atom. The summed E-state index contributed by atoms with van der Waals surface area (Å²) in [5.74, 6) is 0.830. The Labute approximate surface area is 121 Å². The molecule has 1 heterocycles. The Hall–Kier alpha value is -1.10. The van der Waals surface area contributed by atoms with Gasteiger partial charge in [-0.05, 0) is 44.0 Å². The zero-order valence-electron chi connectivity index (χ0n) is 12.6. The standard InChI is InChI=1S/C16H25NO3/c1-12-6-13(2)8-16(7-12)20-11-15(18)9-17-4-5-19-10-14(17)3/h6-8,14-15,18H,4-5,9-11H2,1-3H3. The van der Waals surface area contributed by atoms with E-state index in [1.165, 1.54) is 11.1 Å². The molecule has 2 rings (SSSR count). The lowest BCUT2D eigenvalue weighted by molar-refractivity contribution is -0.0265. The molecule has 0 aliphatic carbocycles. The normalized spacial score (nSPS) is 21.7. The van der Waals surface area contributed by atoms with Crippen molar-refractivity contribution in [3.05, 3.63) is 29.3 Å². The first-order valence-electron chi connectivity index (χ1n) is 7.25. The van der Waals surface area contributed by atoms with E-state index in [0.717, 1.165) is 25.5 Å². The molecule has 4 nitrogen and oxygen atoms in total. The maximum Gasteiger partial charge on any atom is 0.119 e. The fourth-order valence-corrected chi connectivity index (χ4v) is 2.56. The molecule has 1 fully saturated rings. The summed E-state index contributed by atoms with van der Waals surface area (Å²) in [4.78, 5) is 2.25. The first-order valence-corrected chi connectivity index (χ1v) is 7.25. The number of nitrogens with zero attached hydrogens (tertiary/aromatic N) is 1. The van der Waals surface area contributed by atoms with Gasteiger partial charge in [-0.3, -0.25) is 4.90 Å². The number of aryl methyl sites for hydroxylation is 2. The molecule has 2 atom stereocenters. The molecule has 1 N–H and O–H groups in total. The van der Waals surface area contributed by atoms with Crippen molar-refractivity contribution in [1.29, 1.82) is 0 Å². The quantitative estimate of drug-likeness (QED) is 0.892. The first kappa shape index (κ1) is 15.3. The van der Waals surface area contributed by atoms with E-state index in [4.69, 9.17) is 9.47 Å². The van der Waals surface area contributed by atoms with Crippen LogP contribution in [-0.2, 0) is 4.74 Å². The van der Waals surface area contributed by atoms with Gasteiger partial charge in [0.05, 0.1) is 13.2 Å². The summed E-state index contributed by atoms with van der Waals surface area (Å²) in [5, 5.41) is 10.1. The summed E-state index contributed by atoms with van der Waals surface area (Å²) in [6.45, 7) is 9.54. The van der Waals surface area contributed by atoms with E-state index >= 15 is 0 Å². The van der Waals surface area contributed by atoms with Crippen LogP contribution in [0.3, 0.4) is 0 Å². The van der Waals surface area contributed by atoms with Crippen molar-refractivity contribution in [3.63, 3.8) is 0 Å². The van der Waals surface area contributed by atoms with Crippen LogP contribution in [0.1, 0.15) is 18.1 Å². The highest BCUT2D eigenvalue weighted by atomic mass is 16.5. The lowest BCUT2D eigenvalue weighted by Gasteiger charge is -2.34. The van der Waals surface area contributed by atoms with Gasteiger partial charge in [0.1, 0.15) is 18.5 Å². The van der Waals surface area contributed by atoms with Gasteiger partial charge < -0.3 is 14.6 Å². The molecule has 2 unspecified atom stereocenters. The highest BCUT2D eigenvalue weighted by molar-refractivity contribution is 5.32. The van der Waals surface area contributed by atoms with Crippen LogP contribution >= 0.6 is 0 Å². The van der Waals surface area contributed by atoms with Crippen LogP contribution in [0.2, 0.25) is 0 Å². The highest BCUT2D eigenvalue weighted by Gasteiger charge is 2.21. The molecule has 0 spiro atoms. The average Bonchev–Trinajstić information content (AvgIpc) is 2.38. The van der Waals surface area contributed by atoms with Crippen molar-refractivity contribution in [1.82, 2.24) is 4.90 Å². The number of hydrogen-bond donors (Lipinski definition) is 1. The Morgan fingerprint density at radius 2 is 2.05 bits per heavy atom. The largest absolute Gasteiger partial charge is 0.491 e. The third kappa shape index (κ3) is 4.47. The molecule has 1 saturated heterocycles. The fourth-order valence-electron chi connectivity index (χ4n) is 2.56. The van der Waals surface area contributed by atoms with Crippen molar-refractivity contribution in [2.24, 2.45) is 0 Å². The van der Waals surface area contributed by atoms with E-state index in [0.29, 0.717) is 19.2 Å². The summed E-state index contributed by atoms with van der Waals surface area (Å²) in [6, 6.07) is 6.46. The fraction of sp³-hybridized carbons (Fsp3) is 0.625. The number of benzene rings is 1. The SMILES string of the molecule is Cc1cc(C)cc(OCC(O)CN2CCOCC2C)c1. The third-order valence-corrected chi connectivity index (χ3v) is 3.59. The van der Waals surface area contributed by atoms with Crippen LogP contribution in [-0.4, -0.2) is 55.1 Å². The highest BCUT2D eigenvalue weighted by Crippen LogP contribution is 2.16. The number of aliphatic hydroxyl groups is 1. The molecular formula is C16H25NO3. The zero-order chi connectivity index (χ0) is 14.5. The zero-order valence-corrected chi connectivity index (χ0v) is 12.6. The van der Waals surface area contributed by atoms with Gasteiger partial charge in [0.2, 0.25) is 0 Å². The summed E-state index contributed by atoms with van der Waals surface area (Å²) in [5.41, 5.74) is 2.35. The van der Waals surface area contributed by atoms with E-state index in [2.05, 4.69) is 17.9 Å². The number of rotatable bonds is 5. The Morgan fingerprint density at radius 3 is 2.70 bits per heavy atom. The second-order valence-electron chi connectivity index (χ2n) is 5.71. The number of aliphatic hydroxyl groups excluding tert-OH is 1. The van der Waals surface area contributed by atoms with Gasteiger partial charge in [0, 0.05) is 19.1 Å². The van der Waals surface area contributed by atoms with Crippen molar-refractivity contribution < 1.29 is 14.6 Å². The average molecular weight is 279 g/mol. The Kier molecular flexibility index (Phi) is 5.40. The molecule has 0 radical (unpaired) electrons. The van der Waals surface area contributed by atoms with E-state index in [1.54, 1.807) is 0 Å². The maximum atomic E-state index is 10.1. The van der Waals surface area contributed by atoms with Crippen molar-refractivity contribution in [2.45, 2.75) is 32.9 Å². The van der Waals surface area contributed by atoms with Gasteiger partial charge in [-0.1, -0.05) is 6.07 Å². The van der Waals surface area contributed by atoms with Crippen LogP contribution in [0, 0.1) is 13.8 Å². The smallest absolute Gasteiger partial charge is 0.119 e. The van der Waals surface area contributed by atoms with E-state index < -0.39 is 6.10 Å². The minimum absolute atomic E-state index is 0.326. The predicted molar refractivity (Wildman–Crippen MR) is 79.3 cm³/mol. The van der Waals surface area contributed by atoms with Gasteiger partial charge >= 0.3 is 0 Å². The summed E-state index contributed by atoms with van der Waals surface area (Å²) in [6.07, 6.45) is -0.476. The molecule has 20 heavy (non-hydrogen) atoms. The molecular weight excluding hydrogens is 254 g/mol. The Bertz CT molecular complexity index is 415. The third-order valence-electron chi connectivity index (χ3n) is 3.59. The molecule has 112 valence electrons. The number of β-amino-alcohol motifs (C(OH)–C–C–N with tert-alkyl or cyclic N) is 1. The summed E-state index contributed by atoms with van der Waals surface area (Å²) >= 11 is 0. The van der Waals surface area contributed by atoms with Gasteiger partial charge in [-0.25, -0.2) is 0 Å². The summed E-state index contributed by atoms with van der Waals surface area (Å²) < 4.78 is 11.1. The van der Waals surface area contributed by atoms with E-state index in [9.17, 15) is 5.11 Å². The molecule has 1 aromatic carbocycles. The van der Waals surface area contributed by atoms with Crippen LogP contribution < -0.4 is 4.74 Å². The molecule has 1 aliphatic rings. The molecule has 0 amide bonds. The minimum Gasteiger partial charge on any atom is -0.491 e. The topological polar surface area (TPSA) is 41.9 Å². The van der Waals surface area contributed by atoms with Crippen LogP contribution in [0.4, 0.5) is 0 Å². The van der Waals surface area contributed by atoms with Gasteiger partial charge in [0.15, 0.2) is 0 Å². The van der Waals surface area contributed by atoms with Crippen LogP contribution in [0.15, 0.2) is 18.2 Å². The summed E-state index contributed by atoms with van der Waals surface area (Å²) in [7, 11) is 0. The number of morpholine rings is 1. The minimum atomic E-state index is -0.476. The van der Waals surface area contributed by atoms with E-state index in [1.807, 2.05) is 26.0 Å². The van der Waals surface area contributed by atoms with Gasteiger partial charge in [-0.15, -0.1) is 0 Å². The van der Waals surface area contributed by atoms with Crippen molar-refractivity contribution in [2.75, 3.05) is 32.9 Å². The molecule has 0 aromatic heterocycles. The second kappa shape index (κ2) is 7.07. The van der Waals surface area contributed by atoms with Crippen molar-refractivity contribution >= 4 is 0 Å². The molecule has 1 aliphatic heterocycles. The number of ether oxygens (including phenoxy) is 2. The van der Waals surface area contributed by atoms with E-state index in [-0.39, 0.29) is 0 Å². The lowest BCUT2D eigenvalue weighted by Crippen LogP contribution is -2.47. The van der Waals surface area contributed by atoms with Crippen LogP contribution in [0.25, 0.3) is 0 Å². The molecule has 4 heteroatoms. The lowest BCUT2D eigenvalue weighted by atomic mass is 10.1. The monoisotopic (exact) mass is 279 g/mol.